The van der Waals surface area contributed by atoms with E-state index in [1.807, 2.05) is 6.07 Å². The third kappa shape index (κ3) is 3.96. The summed E-state index contributed by atoms with van der Waals surface area (Å²) in [5, 5.41) is 17.7. The van der Waals surface area contributed by atoms with Gasteiger partial charge in [0.2, 0.25) is 0 Å². The molecule has 1 aromatic carbocycles. The van der Waals surface area contributed by atoms with Crippen LogP contribution in [0.15, 0.2) is 24.3 Å². The summed E-state index contributed by atoms with van der Waals surface area (Å²) in [4.78, 5) is 24.5. The van der Waals surface area contributed by atoms with Gasteiger partial charge >= 0.3 is 5.97 Å². The average Bonchev–Trinajstić information content (AvgIpc) is 2.53. The standard InChI is InChI=1S/C15H16N2O4/c16-8-11-3-5-13(6-4-11)21-10-14(18)17-7-1-2-12(9-17)15(19)20/h3-6,12H,1-2,7,9-10H2,(H,19,20)/t12-/m1/s1. The van der Waals surface area contributed by atoms with Gasteiger partial charge in [0.05, 0.1) is 17.6 Å². The summed E-state index contributed by atoms with van der Waals surface area (Å²) in [6.45, 7) is 0.683. The van der Waals surface area contributed by atoms with Gasteiger partial charge in [0.15, 0.2) is 6.61 Å². The van der Waals surface area contributed by atoms with Gasteiger partial charge in [0.1, 0.15) is 5.75 Å². The predicted molar refractivity (Wildman–Crippen MR) is 73.6 cm³/mol. The van der Waals surface area contributed by atoms with Crippen LogP contribution in [0.3, 0.4) is 0 Å². The van der Waals surface area contributed by atoms with Crippen molar-refractivity contribution in [3.63, 3.8) is 0 Å². The van der Waals surface area contributed by atoms with E-state index in [1.54, 1.807) is 24.3 Å². The number of piperidine rings is 1. The molecule has 0 aromatic heterocycles. The van der Waals surface area contributed by atoms with Gasteiger partial charge in [-0.05, 0) is 37.1 Å². The van der Waals surface area contributed by atoms with E-state index in [1.165, 1.54) is 4.90 Å². The van der Waals surface area contributed by atoms with E-state index in [0.29, 0.717) is 30.7 Å². The Hall–Kier alpha value is -2.55. The molecule has 1 atom stereocenters. The zero-order valence-corrected chi connectivity index (χ0v) is 11.5. The second-order valence-corrected chi connectivity index (χ2v) is 4.94. The Morgan fingerprint density at radius 2 is 2.10 bits per heavy atom. The Balaban J connectivity index is 1.86. The summed E-state index contributed by atoms with van der Waals surface area (Å²) in [6, 6.07) is 8.48. The maximum absolute atomic E-state index is 12.0. The van der Waals surface area contributed by atoms with Crippen LogP contribution in [0.4, 0.5) is 0 Å². The molecule has 1 saturated heterocycles. The molecule has 0 unspecified atom stereocenters. The third-order valence-electron chi connectivity index (χ3n) is 3.47. The number of likely N-dealkylation sites (tertiary alicyclic amines) is 1. The van der Waals surface area contributed by atoms with Crippen LogP contribution < -0.4 is 4.74 Å². The smallest absolute Gasteiger partial charge is 0.308 e. The molecule has 1 aromatic rings. The maximum atomic E-state index is 12.0. The number of carboxylic acids is 1. The molecule has 110 valence electrons. The van der Waals surface area contributed by atoms with Crippen LogP contribution in [0, 0.1) is 17.2 Å². The quantitative estimate of drug-likeness (QED) is 0.900. The maximum Gasteiger partial charge on any atom is 0.308 e. The second kappa shape index (κ2) is 6.75. The normalized spacial score (nSPS) is 17.9. The molecule has 1 aliphatic heterocycles. The minimum Gasteiger partial charge on any atom is -0.484 e. The molecule has 1 aliphatic rings. The molecule has 0 bridgehead atoms. The molecule has 0 aliphatic carbocycles. The Morgan fingerprint density at radius 1 is 1.38 bits per heavy atom. The van der Waals surface area contributed by atoms with Crippen molar-refractivity contribution in [2.24, 2.45) is 5.92 Å². The van der Waals surface area contributed by atoms with Crippen molar-refractivity contribution < 1.29 is 19.4 Å². The number of carbonyl (C=O) groups excluding carboxylic acids is 1. The van der Waals surface area contributed by atoms with E-state index in [4.69, 9.17) is 15.1 Å². The molecule has 0 radical (unpaired) electrons. The van der Waals surface area contributed by atoms with Crippen LogP contribution in [-0.4, -0.2) is 41.6 Å². The molecule has 0 spiro atoms. The van der Waals surface area contributed by atoms with Gasteiger partial charge in [-0.25, -0.2) is 0 Å². The van der Waals surface area contributed by atoms with Gasteiger partial charge < -0.3 is 14.7 Å². The lowest BCUT2D eigenvalue weighted by Gasteiger charge is -2.30. The molecule has 1 fully saturated rings. The van der Waals surface area contributed by atoms with E-state index in [2.05, 4.69) is 0 Å². The topological polar surface area (TPSA) is 90.6 Å². The van der Waals surface area contributed by atoms with Crippen molar-refractivity contribution in [3.8, 4) is 11.8 Å². The van der Waals surface area contributed by atoms with Crippen LogP contribution in [-0.2, 0) is 9.59 Å². The Morgan fingerprint density at radius 3 is 2.71 bits per heavy atom. The number of aliphatic carboxylic acids is 1. The van der Waals surface area contributed by atoms with Gasteiger partial charge in [-0.1, -0.05) is 0 Å². The summed E-state index contributed by atoms with van der Waals surface area (Å²) < 4.78 is 5.37. The van der Waals surface area contributed by atoms with Crippen molar-refractivity contribution in [1.82, 2.24) is 4.90 Å². The Kier molecular flexibility index (Phi) is 4.77. The fourth-order valence-corrected chi connectivity index (χ4v) is 2.27. The van der Waals surface area contributed by atoms with Crippen LogP contribution >= 0.6 is 0 Å². The van der Waals surface area contributed by atoms with Crippen LogP contribution in [0.2, 0.25) is 0 Å². The van der Waals surface area contributed by atoms with Crippen LogP contribution in [0.5, 0.6) is 5.75 Å². The van der Waals surface area contributed by atoms with Crippen molar-refractivity contribution in [1.29, 1.82) is 5.26 Å². The fraction of sp³-hybridized carbons (Fsp3) is 0.400. The van der Waals surface area contributed by atoms with E-state index in [0.717, 1.165) is 0 Å². The molecular formula is C15H16N2O4. The summed E-state index contributed by atoms with van der Waals surface area (Å²) in [7, 11) is 0. The third-order valence-corrected chi connectivity index (χ3v) is 3.47. The van der Waals surface area contributed by atoms with E-state index >= 15 is 0 Å². The summed E-state index contributed by atoms with van der Waals surface area (Å²) >= 11 is 0. The number of amides is 1. The highest BCUT2D eigenvalue weighted by atomic mass is 16.5. The predicted octanol–water partition coefficient (Wildman–Crippen LogP) is 1.26. The first-order valence-electron chi connectivity index (χ1n) is 6.73. The number of nitrogens with zero attached hydrogens (tertiary/aromatic N) is 2. The number of hydrogen-bond acceptors (Lipinski definition) is 4. The number of rotatable bonds is 4. The lowest BCUT2D eigenvalue weighted by Crippen LogP contribution is -2.44. The highest BCUT2D eigenvalue weighted by Crippen LogP contribution is 2.17. The van der Waals surface area contributed by atoms with E-state index in [9.17, 15) is 9.59 Å². The Bertz CT molecular complexity index is 562. The number of benzene rings is 1. The van der Waals surface area contributed by atoms with Gasteiger partial charge in [-0.3, -0.25) is 9.59 Å². The van der Waals surface area contributed by atoms with E-state index in [-0.39, 0.29) is 19.1 Å². The second-order valence-electron chi connectivity index (χ2n) is 4.94. The van der Waals surface area contributed by atoms with Crippen LogP contribution in [0.25, 0.3) is 0 Å². The van der Waals surface area contributed by atoms with Gasteiger partial charge in [-0.15, -0.1) is 0 Å². The highest BCUT2D eigenvalue weighted by Gasteiger charge is 2.28. The zero-order valence-electron chi connectivity index (χ0n) is 11.5. The molecule has 2 rings (SSSR count). The lowest BCUT2D eigenvalue weighted by molar-refractivity contribution is -0.146. The largest absolute Gasteiger partial charge is 0.484 e. The lowest BCUT2D eigenvalue weighted by atomic mass is 9.98. The molecule has 0 saturated carbocycles. The minimum absolute atomic E-state index is 0.127. The summed E-state index contributed by atoms with van der Waals surface area (Å²) in [6.07, 6.45) is 1.30. The fourth-order valence-electron chi connectivity index (χ4n) is 2.27. The number of ether oxygens (including phenoxy) is 1. The first kappa shape index (κ1) is 14.9. The highest BCUT2D eigenvalue weighted by molar-refractivity contribution is 5.79. The molecule has 1 N–H and O–H groups in total. The molecule has 1 heterocycles. The summed E-state index contributed by atoms with van der Waals surface area (Å²) in [5.41, 5.74) is 0.522. The van der Waals surface area contributed by atoms with Crippen molar-refractivity contribution in [2.45, 2.75) is 12.8 Å². The van der Waals surface area contributed by atoms with E-state index < -0.39 is 11.9 Å². The monoisotopic (exact) mass is 288 g/mol. The van der Waals surface area contributed by atoms with Gasteiger partial charge in [0, 0.05) is 13.1 Å². The van der Waals surface area contributed by atoms with Gasteiger partial charge in [0.25, 0.3) is 5.91 Å². The van der Waals surface area contributed by atoms with Gasteiger partial charge in [-0.2, -0.15) is 5.26 Å². The number of hydrogen-bond donors (Lipinski definition) is 1. The average molecular weight is 288 g/mol. The molecule has 6 nitrogen and oxygen atoms in total. The molecular weight excluding hydrogens is 272 g/mol. The van der Waals surface area contributed by atoms with Crippen molar-refractivity contribution in [3.05, 3.63) is 29.8 Å². The molecule has 1 amide bonds. The SMILES string of the molecule is N#Cc1ccc(OCC(=O)N2CCC[C@@H](C(=O)O)C2)cc1. The Labute approximate surface area is 122 Å². The minimum atomic E-state index is -0.861. The number of carboxylic acid groups (broad SMARTS) is 1. The first-order chi connectivity index (χ1) is 10.1. The number of nitriles is 1. The number of carbonyl (C=O) groups is 2. The first-order valence-corrected chi connectivity index (χ1v) is 6.73. The molecule has 6 heteroatoms. The molecule has 21 heavy (non-hydrogen) atoms. The zero-order chi connectivity index (χ0) is 15.2. The van der Waals surface area contributed by atoms with Crippen molar-refractivity contribution >= 4 is 11.9 Å². The summed E-state index contributed by atoms with van der Waals surface area (Å²) in [5.74, 6) is -1.06. The van der Waals surface area contributed by atoms with Crippen molar-refractivity contribution in [2.75, 3.05) is 19.7 Å². The van der Waals surface area contributed by atoms with Crippen LogP contribution in [0.1, 0.15) is 18.4 Å².